The summed E-state index contributed by atoms with van der Waals surface area (Å²) >= 11 is 0. The maximum absolute atomic E-state index is 6.88. The normalized spacial score (nSPS) is 15.2. The van der Waals surface area contributed by atoms with Gasteiger partial charge in [0, 0.05) is 49.0 Å². The molecule has 74 heavy (non-hydrogen) atoms. The smallest absolute Gasteiger partial charge is 0.494 e. The van der Waals surface area contributed by atoms with Crippen molar-refractivity contribution in [2.24, 2.45) is 0 Å². The Morgan fingerprint density at radius 1 is 0.432 bits per heavy atom. The van der Waals surface area contributed by atoms with Crippen molar-refractivity contribution in [2.75, 3.05) is 34.7 Å². The number of methoxy groups -OCH3 is 3. The van der Waals surface area contributed by atoms with Crippen molar-refractivity contribution < 1.29 is 110 Å². The van der Waals surface area contributed by atoms with Crippen LogP contribution in [0, 0.1) is 0 Å². The summed E-state index contributed by atoms with van der Waals surface area (Å²) in [7, 11) is -13.7. The molecule has 0 radical (unpaired) electrons. The molecule has 0 saturated heterocycles. The zero-order valence-electron chi connectivity index (χ0n) is 56.9. The summed E-state index contributed by atoms with van der Waals surface area (Å²) in [5.41, 5.74) is 1.12. The predicted molar refractivity (Wildman–Crippen MR) is 279 cm³/mol. The number of benzene rings is 5. The summed E-state index contributed by atoms with van der Waals surface area (Å²) < 4.78 is 144. The largest absolute Gasteiger partial charge is 0.528 e. The lowest BCUT2D eigenvalue weighted by Gasteiger charge is -2.21. The molecule has 0 saturated carbocycles. The minimum atomic E-state index is -3.75. The van der Waals surface area contributed by atoms with Crippen LogP contribution >= 0.6 is 0 Å². The summed E-state index contributed by atoms with van der Waals surface area (Å²) in [6.45, 7) is 11.8. The second-order valence-electron chi connectivity index (χ2n) is 16.3. The zero-order valence-corrected chi connectivity index (χ0v) is 46.9. The van der Waals surface area contributed by atoms with E-state index in [-0.39, 0.29) is 30.8 Å². The molecule has 15 N–H and O–H groups in total. The van der Waals surface area contributed by atoms with E-state index < -0.39 is 50.3 Å². The lowest BCUT2D eigenvalue weighted by Crippen LogP contribution is -2.48. The van der Waals surface area contributed by atoms with Crippen molar-refractivity contribution in [3.8, 4) is 28.7 Å². The first-order chi connectivity index (χ1) is 42.5. The highest BCUT2D eigenvalue weighted by Gasteiger charge is 2.32. The first kappa shape index (κ1) is 45.6. The Labute approximate surface area is 457 Å². The molecule has 0 heterocycles. The molecule has 2 atom stereocenters. The van der Waals surface area contributed by atoms with E-state index in [0.717, 1.165) is 11.1 Å². The molecular formula is C46H72O23Si5. The maximum Gasteiger partial charge on any atom is 0.528 e. The second kappa shape index (κ2) is 31.5. The Kier molecular flexibility index (Phi) is 19.4. The first-order valence-electron chi connectivity index (χ1n) is 28.1. The van der Waals surface area contributed by atoms with E-state index >= 15 is 0 Å². The highest BCUT2D eigenvalue weighted by atomic mass is 28.4. The van der Waals surface area contributed by atoms with Crippen molar-refractivity contribution in [2.45, 2.75) is 71.8 Å². The van der Waals surface area contributed by atoms with Crippen molar-refractivity contribution in [1.29, 1.82) is 21.5 Å². The molecule has 0 bridgehead atoms. The van der Waals surface area contributed by atoms with Crippen LogP contribution in [-0.4, -0.2) is 190 Å². The Balaban J connectivity index is 0.000000557. The van der Waals surface area contributed by atoms with E-state index in [1.807, 2.05) is 27.7 Å². The standard InChI is InChI=1S/C10H16O5Si.C10H16O4Si.2C9H14O5Si.C8H12O4Si/c1-8(14-2)15-10-5-3-9(4-6-10)7-16(11,12)13;1-10(2,3)14-8-4-6-9(7-5-8)15(11,12)13;1-7(13-2)14-8-3-5-9(6-4-8)15(10,11)12;1-13-7-14-9-4-2-8(3-5-9)6-15(10,11)12;1-2-12-7-3-5-8(6-4-7)13(9,10)11/h3-6,8,11-13H,7H2,1-2H3;4-7,11-13H,1-3H3;3-7,10-12H,1-2H3;2-5,10-12H,6-7H2,1H3;3-6,9-11H,2H2,1H3/i2*11T,12T,13T;2*10T,11T,12T;9T,10T,11T. The number of ether oxygens (including phenoxy) is 8. The summed E-state index contributed by atoms with van der Waals surface area (Å²) in [6.07, 6.45) is -0.755. The van der Waals surface area contributed by atoms with Gasteiger partial charge < -0.3 is 110 Å². The van der Waals surface area contributed by atoms with Gasteiger partial charge in [-0.1, -0.05) is 60.7 Å². The average Bonchev–Trinajstić information content (AvgIpc) is 2.31. The Hall–Kier alpha value is -4.54. The van der Waals surface area contributed by atoms with Crippen molar-refractivity contribution in [1.82, 2.24) is 0 Å². The fourth-order valence-electron chi connectivity index (χ4n) is 5.24. The molecule has 0 aliphatic heterocycles. The third kappa shape index (κ3) is 31.4. The van der Waals surface area contributed by atoms with Gasteiger partial charge in [-0.05, 0) is 113 Å². The highest BCUT2D eigenvalue weighted by Crippen LogP contribution is 2.18. The molecule has 0 aromatic heterocycles. The molecule has 0 spiro atoms. The predicted octanol–water partition coefficient (Wildman–Crippen LogP) is -1.90. The number of rotatable bonds is 34. The highest BCUT2D eigenvalue weighted by molar-refractivity contribution is 6.72. The van der Waals surface area contributed by atoms with E-state index in [9.17, 15) is 0 Å². The molecule has 0 aliphatic rings. The maximum atomic E-state index is 6.88. The topological polar surface area (TPSA) is 377 Å². The van der Waals surface area contributed by atoms with Crippen molar-refractivity contribution in [3.63, 3.8) is 0 Å². The van der Waals surface area contributed by atoms with Gasteiger partial charge in [0.25, 0.3) is 0 Å². The molecule has 23 nitrogen and oxygen atoms in total. The minimum absolute atomic E-state index is 0.0591. The van der Waals surface area contributed by atoms with Crippen molar-refractivity contribution in [3.05, 3.63) is 132 Å². The van der Waals surface area contributed by atoms with E-state index in [1.165, 1.54) is 26.4 Å². The van der Waals surface area contributed by atoms with Crippen LogP contribution in [0.3, 0.4) is 0 Å². The van der Waals surface area contributed by atoms with E-state index in [0.29, 0.717) is 50.9 Å². The summed E-state index contributed by atoms with van der Waals surface area (Å²) in [4.78, 5) is 64.0. The molecule has 5 aromatic carbocycles. The third-order valence-electron chi connectivity index (χ3n) is 8.66. The summed E-state index contributed by atoms with van der Waals surface area (Å²) in [5, 5.41) is 1.03. The molecule has 0 fully saturated rings. The molecule has 5 rings (SSSR count). The molecule has 414 valence electrons. The van der Waals surface area contributed by atoms with Gasteiger partial charge in [0.15, 0.2) is 40.8 Å². The van der Waals surface area contributed by atoms with Crippen LogP contribution in [0.2, 0.25) is 0 Å². The van der Waals surface area contributed by atoms with E-state index in [4.69, 9.17) is 59.4 Å². The average molecular weight is 1160 g/mol. The van der Waals surface area contributed by atoms with E-state index in [1.54, 1.807) is 130 Å². The van der Waals surface area contributed by atoms with Gasteiger partial charge in [-0.2, -0.15) is 0 Å². The van der Waals surface area contributed by atoms with Crippen LogP contribution in [0.1, 0.15) is 52.7 Å². The molecule has 28 heteroatoms. The summed E-state index contributed by atoms with van der Waals surface area (Å²) in [5.74, 6) is 3.06. The lowest BCUT2D eigenvalue weighted by atomic mass is 10.2. The van der Waals surface area contributed by atoms with Crippen LogP contribution in [0.4, 0.5) is 0 Å². The fraction of sp³-hybridized carbons (Fsp3) is 0.348. The molecule has 0 aliphatic carbocycles. The van der Waals surface area contributed by atoms with Crippen LogP contribution < -0.4 is 39.2 Å². The van der Waals surface area contributed by atoms with Gasteiger partial charge in [0.2, 0.25) is 0 Å². The number of hydrogen-bond donors (Lipinski definition) is 15. The van der Waals surface area contributed by atoms with Crippen molar-refractivity contribution >= 4 is 59.6 Å². The third-order valence-corrected chi connectivity index (χ3v) is 13.5. The zero-order chi connectivity index (χ0) is 67.2. The molecule has 0 amide bonds. The Morgan fingerprint density at radius 3 is 1.04 bits per heavy atom. The van der Waals surface area contributed by atoms with Gasteiger partial charge in [0.1, 0.15) is 34.3 Å². The SMILES string of the molecule is [3H]O[Si](Cc1ccc(OC(C)OC)cc1)(O[3H])O[3H].[3H]O[Si](Cc1ccc(OCOC)cc1)(O[3H])O[3H].[3H]O[Si](O[3H])(O[3H])c1ccc(OC(C)(C)C)cc1.[3H]O[Si](O[3H])(O[3H])c1ccc(OC(C)OC)cc1.[3H]O[Si](O[3H])(O[3H])c1ccc(OCC)cc1. The van der Waals surface area contributed by atoms with Crippen LogP contribution in [0.5, 0.6) is 28.7 Å². The Morgan fingerprint density at radius 2 is 0.743 bits per heavy atom. The number of hydrogen-bond acceptors (Lipinski definition) is 23. The van der Waals surface area contributed by atoms with Gasteiger partial charge in [-0.3, -0.25) is 0 Å². The van der Waals surface area contributed by atoms with Crippen LogP contribution in [0.15, 0.2) is 121 Å². The molecular weight excluding hydrogens is 1060 g/mol. The Bertz CT molecular complexity index is 2560. The van der Waals surface area contributed by atoms with Gasteiger partial charge in [0.05, 0.1) is 6.61 Å². The van der Waals surface area contributed by atoms with Gasteiger partial charge >= 0.3 is 44.0 Å². The van der Waals surface area contributed by atoms with E-state index in [2.05, 4.69) is 72.0 Å². The second-order valence-corrected chi connectivity index (χ2v) is 24.8. The summed E-state index contributed by atoms with van der Waals surface area (Å²) in [6, 6.07) is 32.8. The van der Waals surface area contributed by atoms with Crippen LogP contribution in [-0.2, 0) is 26.3 Å². The minimum Gasteiger partial charge on any atom is -0.494 e. The first-order valence-corrected chi connectivity index (χ1v) is 31.0. The lowest BCUT2D eigenvalue weighted by molar-refractivity contribution is -0.0385. The quantitative estimate of drug-likeness (QED) is 0.0158. The molecule has 2 unspecified atom stereocenters. The monoisotopic (exact) mass is 1160 g/mol. The molecule has 5 aromatic rings. The fourth-order valence-corrected chi connectivity index (χ4v) is 8.43. The van der Waals surface area contributed by atoms with Gasteiger partial charge in [-0.25, -0.2) is 0 Å². The van der Waals surface area contributed by atoms with Crippen LogP contribution in [0.25, 0.3) is 0 Å². The van der Waals surface area contributed by atoms with Gasteiger partial charge in [-0.15, -0.1) is 0 Å².